The van der Waals surface area contributed by atoms with Crippen molar-refractivity contribution < 1.29 is 0 Å². The van der Waals surface area contributed by atoms with Crippen molar-refractivity contribution in [1.29, 1.82) is 0 Å². The number of hydrogen-bond acceptors (Lipinski definition) is 3. The largest absolute Gasteiger partial charge is 0.324 e. The molecule has 1 aromatic carbocycles. The van der Waals surface area contributed by atoms with Crippen molar-refractivity contribution in [3.63, 3.8) is 0 Å². The van der Waals surface area contributed by atoms with Gasteiger partial charge < -0.3 is 10.6 Å². The second-order valence-corrected chi connectivity index (χ2v) is 4.88. The molecule has 2 rings (SSSR count). The van der Waals surface area contributed by atoms with Crippen molar-refractivity contribution in [2.24, 2.45) is 5.73 Å². The maximum Gasteiger partial charge on any atom is 0.0702 e. The Morgan fingerprint density at radius 2 is 1.95 bits per heavy atom. The minimum atomic E-state index is 0.0673. The second-order valence-electron chi connectivity index (χ2n) is 4.88. The monoisotopic (exact) mass is 257 g/mol. The lowest BCUT2D eigenvalue weighted by molar-refractivity contribution is 0.291. The maximum atomic E-state index is 6.28. The molecule has 3 nitrogen and oxygen atoms in total. The third-order valence-electron chi connectivity index (χ3n) is 3.69. The summed E-state index contributed by atoms with van der Waals surface area (Å²) in [6, 6.07) is 10.4. The quantitative estimate of drug-likeness (QED) is 0.865. The minimum absolute atomic E-state index is 0.0673. The molecule has 0 saturated carbocycles. The van der Waals surface area contributed by atoms with E-state index in [9.17, 15) is 0 Å². The van der Waals surface area contributed by atoms with Gasteiger partial charge in [-0.1, -0.05) is 32.0 Å². The highest BCUT2D eigenvalue weighted by atomic mass is 15.1. The average molecular weight is 257 g/mol. The van der Waals surface area contributed by atoms with E-state index in [4.69, 9.17) is 5.73 Å². The van der Waals surface area contributed by atoms with Crippen molar-refractivity contribution >= 4 is 10.9 Å². The van der Waals surface area contributed by atoms with Crippen molar-refractivity contribution in [2.75, 3.05) is 19.6 Å². The summed E-state index contributed by atoms with van der Waals surface area (Å²) in [5.74, 6) is 0. The first-order chi connectivity index (χ1) is 9.24. The first-order valence-electron chi connectivity index (χ1n) is 7.07. The molecule has 1 aromatic heterocycles. The molecule has 102 valence electrons. The Morgan fingerprint density at radius 3 is 2.68 bits per heavy atom. The van der Waals surface area contributed by atoms with Crippen molar-refractivity contribution in [2.45, 2.75) is 26.3 Å². The lowest BCUT2D eigenvalue weighted by Crippen LogP contribution is -2.27. The molecule has 0 aliphatic rings. The molecular weight excluding hydrogens is 234 g/mol. The number of nitrogens with zero attached hydrogens (tertiary/aromatic N) is 2. The SMILES string of the molecule is CCN(CC)CCC(N)c1cnc2ccccc2c1. The van der Waals surface area contributed by atoms with Crippen LogP contribution in [0.25, 0.3) is 10.9 Å². The van der Waals surface area contributed by atoms with Gasteiger partial charge in [-0.25, -0.2) is 0 Å². The van der Waals surface area contributed by atoms with Crippen LogP contribution < -0.4 is 5.73 Å². The topological polar surface area (TPSA) is 42.1 Å². The molecule has 0 radical (unpaired) electrons. The molecular formula is C16H23N3. The Morgan fingerprint density at radius 1 is 1.21 bits per heavy atom. The molecule has 3 heteroatoms. The van der Waals surface area contributed by atoms with Gasteiger partial charge in [-0.05, 0) is 43.8 Å². The first-order valence-corrected chi connectivity index (χ1v) is 7.07. The van der Waals surface area contributed by atoms with Gasteiger partial charge in [0.25, 0.3) is 0 Å². The van der Waals surface area contributed by atoms with Crippen LogP contribution in [0, 0.1) is 0 Å². The lowest BCUT2D eigenvalue weighted by atomic mass is 10.0. The van der Waals surface area contributed by atoms with E-state index in [1.54, 1.807) is 0 Å². The third-order valence-corrected chi connectivity index (χ3v) is 3.69. The predicted molar refractivity (Wildman–Crippen MR) is 81.1 cm³/mol. The van der Waals surface area contributed by atoms with Gasteiger partial charge >= 0.3 is 0 Å². The third kappa shape index (κ3) is 3.52. The van der Waals surface area contributed by atoms with E-state index in [0.717, 1.165) is 37.1 Å². The summed E-state index contributed by atoms with van der Waals surface area (Å²) in [5, 5.41) is 1.17. The van der Waals surface area contributed by atoms with E-state index >= 15 is 0 Å². The molecule has 1 unspecified atom stereocenters. The summed E-state index contributed by atoms with van der Waals surface area (Å²) in [7, 11) is 0. The van der Waals surface area contributed by atoms with Gasteiger partial charge in [0.2, 0.25) is 0 Å². The fraction of sp³-hybridized carbons (Fsp3) is 0.438. The van der Waals surface area contributed by atoms with Crippen LogP contribution in [0.2, 0.25) is 0 Å². The highest BCUT2D eigenvalue weighted by Crippen LogP contribution is 2.19. The van der Waals surface area contributed by atoms with Crippen LogP contribution in [0.4, 0.5) is 0 Å². The Bertz CT molecular complexity index is 520. The summed E-state index contributed by atoms with van der Waals surface area (Å²) >= 11 is 0. The molecule has 2 N–H and O–H groups in total. The number of pyridine rings is 1. The molecule has 0 aliphatic heterocycles. The van der Waals surface area contributed by atoms with E-state index in [0.29, 0.717) is 0 Å². The van der Waals surface area contributed by atoms with Crippen molar-refractivity contribution in [3.8, 4) is 0 Å². The number of fused-ring (bicyclic) bond motifs is 1. The van der Waals surface area contributed by atoms with E-state index in [1.807, 2.05) is 24.4 Å². The molecule has 0 aliphatic carbocycles. The normalized spacial score (nSPS) is 13.1. The first kappa shape index (κ1) is 14.0. The number of para-hydroxylation sites is 1. The smallest absolute Gasteiger partial charge is 0.0702 e. The zero-order valence-electron chi connectivity index (χ0n) is 11.8. The van der Waals surface area contributed by atoms with Gasteiger partial charge in [0, 0.05) is 17.6 Å². The molecule has 0 bridgehead atoms. The van der Waals surface area contributed by atoms with Crippen LogP contribution in [0.5, 0.6) is 0 Å². The number of aromatic nitrogens is 1. The van der Waals surface area contributed by atoms with Gasteiger partial charge in [0.15, 0.2) is 0 Å². The van der Waals surface area contributed by atoms with Gasteiger partial charge in [-0.2, -0.15) is 0 Å². The van der Waals surface area contributed by atoms with Crippen LogP contribution in [0.3, 0.4) is 0 Å². The molecule has 0 saturated heterocycles. The highest BCUT2D eigenvalue weighted by molar-refractivity contribution is 5.78. The van der Waals surface area contributed by atoms with E-state index < -0.39 is 0 Å². The van der Waals surface area contributed by atoms with Crippen molar-refractivity contribution in [1.82, 2.24) is 9.88 Å². The second kappa shape index (κ2) is 6.64. The number of benzene rings is 1. The molecule has 1 atom stereocenters. The minimum Gasteiger partial charge on any atom is -0.324 e. The van der Waals surface area contributed by atoms with Gasteiger partial charge in [0.05, 0.1) is 5.52 Å². The fourth-order valence-corrected chi connectivity index (χ4v) is 2.32. The summed E-state index contributed by atoms with van der Waals surface area (Å²) in [4.78, 5) is 6.87. The van der Waals surface area contributed by atoms with Gasteiger partial charge in [0.1, 0.15) is 0 Å². The molecule has 0 fully saturated rings. The van der Waals surface area contributed by atoms with Gasteiger partial charge in [-0.3, -0.25) is 4.98 Å². The van der Waals surface area contributed by atoms with E-state index in [2.05, 4.69) is 35.9 Å². The van der Waals surface area contributed by atoms with Crippen LogP contribution >= 0.6 is 0 Å². The summed E-state index contributed by atoms with van der Waals surface area (Å²) < 4.78 is 0. The predicted octanol–water partition coefficient (Wildman–Crippen LogP) is 2.97. The Kier molecular flexibility index (Phi) is 4.88. The van der Waals surface area contributed by atoms with Crippen molar-refractivity contribution in [3.05, 3.63) is 42.1 Å². The zero-order valence-corrected chi connectivity index (χ0v) is 11.8. The Balaban J connectivity index is 2.06. The molecule has 19 heavy (non-hydrogen) atoms. The summed E-state index contributed by atoms with van der Waals surface area (Å²) in [6.45, 7) is 7.58. The molecule has 1 heterocycles. The van der Waals surface area contributed by atoms with E-state index in [-0.39, 0.29) is 6.04 Å². The average Bonchev–Trinajstić information content (AvgIpc) is 2.47. The van der Waals surface area contributed by atoms with Crippen LogP contribution in [-0.2, 0) is 0 Å². The molecule has 0 spiro atoms. The summed E-state index contributed by atoms with van der Waals surface area (Å²) in [6.07, 6.45) is 2.89. The fourth-order valence-electron chi connectivity index (χ4n) is 2.32. The number of rotatable bonds is 6. The van der Waals surface area contributed by atoms with E-state index in [1.165, 1.54) is 5.39 Å². The Labute approximate surface area is 115 Å². The maximum absolute atomic E-state index is 6.28. The number of nitrogens with two attached hydrogens (primary N) is 1. The number of hydrogen-bond donors (Lipinski definition) is 1. The Hall–Kier alpha value is -1.45. The lowest BCUT2D eigenvalue weighted by Gasteiger charge is -2.20. The highest BCUT2D eigenvalue weighted by Gasteiger charge is 2.09. The zero-order chi connectivity index (χ0) is 13.7. The molecule has 0 amide bonds. The molecule has 2 aromatic rings. The van der Waals surface area contributed by atoms with Crippen LogP contribution in [0.1, 0.15) is 31.9 Å². The van der Waals surface area contributed by atoms with Crippen LogP contribution in [0.15, 0.2) is 36.5 Å². The van der Waals surface area contributed by atoms with Crippen LogP contribution in [-0.4, -0.2) is 29.5 Å². The van der Waals surface area contributed by atoms with Gasteiger partial charge in [-0.15, -0.1) is 0 Å². The summed E-state index contributed by atoms with van der Waals surface area (Å²) in [5.41, 5.74) is 8.44. The standard InChI is InChI=1S/C16H23N3/c1-3-19(4-2)10-9-15(17)14-11-13-7-5-6-8-16(13)18-12-14/h5-8,11-12,15H,3-4,9-10,17H2,1-2H3.